The van der Waals surface area contributed by atoms with Crippen molar-refractivity contribution in [2.75, 3.05) is 20.2 Å². The molecule has 0 atom stereocenters. The third kappa shape index (κ3) is 5.32. The Morgan fingerprint density at radius 1 is 0.805 bits per heavy atom. The first-order chi connectivity index (χ1) is 20.2. The van der Waals surface area contributed by atoms with Crippen LogP contribution in [-0.4, -0.2) is 51.1 Å². The molecule has 0 unspecified atom stereocenters. The maximum absolute atomic E-state index is 13.2. The molecule has 1 aromatic heterocycles. The Bertz CT molecular complexity index is 1530. The molecular formula is C34H31N5O2. The third-order valence-electron chi connectivity index (χ3n) is 7.63. The molecule has 0 amide bonds. The van der Waals surface area contributed by atoms with Gasteiger partial charge in [0.15, 0.2) is 11.6 Å². The Morgan fingerprint density at radius 2 is 1.37 bits per heavy atom. The van der Waals surface area contributed by atoms with Crippen LogP contribution in [-0.2, 0) is 16.9 Å². The number of rotatable bonds is 8. The lowest BCUT2D eigenvalue weighted by Gasteiger charge is -2.47. The molecule has 0 radical (unpaired) electrons. The van der Waals surface area contributed by atoms with Crippen LogP contribution in [0.3, 0.4) is 0 Å². The number of piperidine rings is 1. The van der Waals surface area contributed by atoms with Gasteiger partial charge < -0.3 is 4.74 Å². The summed E-state index contributed by atoms with van der Waals surface area (Å²) >= 11 is 0. The average molecular weight is 542 g/mol. The summed E-state index contributed by atoms with van der Waals surface area (Å²) in [5, 5.41) is 13.0. The van der Waals surface area contributed by atoms with Crippen molar-refractivity contribution in [2.45, 2.75) is 18.5 Å². The lowest BCUT2D eigenvalue weighted by atomic mass is 9.74. The molecule has 7 heteroatoms. The van der Waals surface area contributed by atoms with E-state index >= 15 is 0 Å². The highest BCUT2D eigenvalue weighted by Gasteiger charge is 2.44. The highest BCUT2D eigenvalue weighted by atomic mass is 16.5. The summed E-state index contributed by atoms with van der Waals surface area (Å²) in [6.45, 7) is 1.54. The maximum Gasteiger partial charge on any atom is 0.198 e. The van der Waals surface area contributed by atoms with Crippen molar-refractivity contribution in [3.05, 3.63) is 149 Å². The number of nitrogens with zero attached hydrogens (tertiary/aromatic N) is 5. The van der Waals surface area contributed by atoms with Crippen molar-refractivity contribution >= 4 is 11.9 Å². The zero-order valence-corrected chi connectivity index (χ0v) is 22.9. The van der Waals surface area contributed by atoms with E-state index in [2.05, 4.69) is 93.1 Å². The number of aromatic nitrogens is 4. The Hall–Kier alpha value is -4.88. The predicted octanol–water partition coefficient (Wildman–Crippen LogP) is 5.38. The van der Waals surface area contributed by atoms with Crippen molar-refractivity contribution in [2.24, 2.45) is 0 Å². The van der Waals surface area contributed by atoms with Gasteiger partial charge in [0.25, 0.3) is 0 Å². The fourth-order valence-corrected chi connectivity index (χ4v) is 5.70. The second-order valence-corrected chi connectivity index (χ2v) is 10.1. The molecule has 0 bridgehead atoms. The molecule has 7 nitrogen and oxygen atoms in total. The number of Topliss-reactive ketones (excluding diaryl/α,β-unsaturated/α-hetero) is 1. The van der Waals surface area contributed by atoms with Gasteiger partial charge >= 0.3 is 0 Å². The van der Waals surface area contributed by atoms with E-state index < -0.39 is 5.54 Å². The van der Waals surface area contributed by atoms with Gasteiger partial charge in [-0.25, -0.2) is 0 Å². The number of methoxy groups -OCH3 is 1. The fourth-order valence-electron chi connectivity index (χ4n) is 5.70. The van der Waals surface area contributed by atoms with E-state index in [1.54, 1.807) is 18.0 Å². The highest BCUT2D eigenvalue weighted by Crippen LogP contribution is 2.43. The Morgan fingerprint density at radius 3 is 1.90 bits per heavy atom. The quantitative estimate of drug-likeness (QED) is 0.194. The van der Waals surface area contributed by atoms with Crippen LogP contribution in [0.25, 0.3) is 6.08 Å². The standard InChI is InChI=1S/C34H31N5O2/c1-41-31-19-17-26(18-20-31)24-39-36-33(35-37-39)23-27-25-38(22-21-32(27)40)34(28-11-5-2-6-12-28,29-13-7-3-8-14-29)30-15-9-4-10-16-30/h2-20,23H,21-22,24-25H2,1H3/b27-23-. The number of benzene rings is 4. The first kappa shape index (κ1) is 26.3. The van der Waals surface area contributed by atoms with Crippen LogP contribution in [0, 0.1) is 0 Å². The zero-order chi connectivity index (χ0) is 28.1. The minimum Gasteiger partial charge on any atom is -0.497 e. The molecule has 1 saturated heterocycles. The van der Waals surface area contributed by atoms with Crippen LogP contribution in [0.5, 0.6) is 5.75 Å². The smallest absolute Gasteiger partial charge is 0.198 e. The SMILES string of the molecule is COc1ccc(Cn2nnc(/C=C3/CN(C(c4ccccc4)(c4ccccc4)c4ccccc4)CCC3=O)n2)cc1. The number of hydrogen-bond acceptors (Lipinski definition) is 6. The Balaban J connectivity index is 1.37. The molecule has 6 rings (SSSR count). The van der Waals surface area contributed by atoms with Crippen LogP contribution >= 0.6 is 0 Å². The average Bonchev–Trinajstić information content (AvgIpc) is 3.47. The second kappa shape index (κ2) is 11.7. The first-order valence-corrected chi connectivity index (χ1v) is 13.7. The van der Waals surface area contributed by atoms with Crippen LogP contribution < -0.4 is 4.74 Å². The van der Waals surface area contributed by atoms with Gasteiger partial charge in [0, 0.05) is 25.1 Å². The van der Waals surface area contributed by atoms with E-state index in [1.807, 2.05) is 42.5 Å². The molecule has 41 heavy (non-hydrogen) atoms. The van der Waals surface area contributed by atoms with Crippen LogP contribution in [0.15, 0.2) is 121 Å². The summed E-state index contributed by atoms with van der Waals surface area (Å²) < 4.78 is 5.24. The number of ether oxygens (including phenoxy) is 1. The third-order valence-corrected chi connectivity index (χ3v) is 7.63. The minimum atomic E-state index is -0.594. The van der Waals surface area contributed by atoms with Gasteiger partial charge in [-0.3, -0.25) is 9.69 Å². The molecule has 2 heterocycles. The van der Waals surface area contributed by atoms with Gasteiger partial charge in [-0.15, -0.1) is 10.2 Å². The largest absolute Gasteiger partial charge is 0.497 e. The van der Waals surface area contributed by atoms with E-state index in [9.17, 15) is 4.79 Å². The molecule has 0 aliphatic carbocycles. The number of tetrazole rings is 1. The van der Waals surface area contributed by atoms with Crippen molar-refractivity contribution in [3.63, 3.8) is 0 Å². The number of hydrogen-bond donors (Lipinski definition) is 0. The fraction of sp³-hybridized carbons (Fsp3) is 0.176. The zero-order valence-electron chi connectivity index (χ0n) is 22.9. The van der Waals surface area contributed by atoms with Gasteiger partial charge in [0.05, 0.1) is 19.2 Å². The summed E-state index contributed by atoms with van der Waals surface area (Å²) in [5.74, 6) is 1.33. The molecule has 1 fully saturated rings. The summed E-state index contributed by atoms with van der Waals surface area (Å²) in [5.41, 5.74) is 4.55. The summed E-state index contributed by atoms with van der Waals surface area (Å²) in [7, 11) is 1.64. The van der Waals surface area contributed by atoms with Crippen LogP contribution in [0.2, 0.25) is 0 Å². The topological polar surface area (TPSA) is 73.1 Å². The second-order valence-electron chi connectivity index (χ2n) is 10.1. The van der Waals surface area contributed by atoms with E-state index in [-0.39, 0.29) is 5.78 Å². The molecule has 0 spiro atoms. The van der Waals surface area contributed by atoms with Crippen molar-refractivity contribution < 1.29 is 9.53 Å². The number of carbonyl (C=O) groups excluding carboxylic acids is 1. The molecule has 5 aromatic rings. The van der Waals surface area contributed by atoms with Gasteiger partial charge in [-0.05, 0) is 45.7 Å². The molecular weight excluding hydrogens is 510 g/mol. The monoisotopic (exact) mass is 541 g/mol. The number of carbonyl (C=O) groups is 1. The predicted molar refractivity (Wildman–Crippen MR) is 158 cm³/mol. The van der Waals surface area contributed by atoms with Crippen molar-refractivity contribution in [3.8, 4) is 5.75 Å². The Kier molecular flexibility index (Phi) is 7.52. The lowest BCUT2D eigenvalue weighted by molar-refractivity contribution is -0.117. The lowest BCUT2D eigenvalue weighted by Crippen LogP contribution is -2.52. The minimum absolute atomic E-state index is 0.107. The number of likely N-dealkylation sites (tertiary alicyclic amines) is 1. The van der Waals surface area contributed by atoms with Crippen LogP contribution in [0.4, 0.5) is 0 Å². The molecule has 1 aliphatic heterocycles. The van der Waals surface area contributed by atoms with Gasteiger partial charge in [0.1, 0.15) is 5.75 Å². The van der Waals surface area contributed by atoms with E-state index in [0.717, 1.165) is 28.0 Å². The summed E-state index contributed by atoms with van der Waals surface area (Å²) in [4.78, 5) is 17.2. The summed E-state index contributed by atoms with van der Waals surface area (Å²) in [6.07, 6.45) is 2.19. The highest BCUT2D eigenvalue weighted by molar-refractivity contribution is 6.00. The molecule has 4 aromatic carbocycles. The number of ketones is 1. The summed E-state index contributed by atoms with van der Waals surface area (Å²) in [6, 6.07) is 39.4. The Labute approximate surface area is 239 Å². The first-order valence-electron chi connectivity index (χ1n) is 13.7. The van der Waals surface area contributed by atoms with E-state index in [1.165, 1.54) is 0 Å². The van der Waals surface area contributed by atoms with Gasteiger partial charge in [-0.1, -0.05) is 103 Å². The van der Waals surface area contributed by atoms with Crippen molar-refractivity contribution in [1.82, 2.24) is 25.1 Å². The van der Waals surface area contributed by atoms with E-state index in [0.29, 0.717) is 37.5 Å². The van der Waals surface area contributed by atoms with Crippen LogP contribution in [0.1, 0.15) is 34.5 Å². The molecule has 0 saturated carbocycles. The van der Waals surface area contributed by atoms with Crippen molar-refractivity contribution in [1.29, 1.82) is 0 Å². The van der Waals surface area contributed by atoms with Gasteiger partial charge in [-0.2, -0.15) is 4.80 Å². The normalized spacial score (nSPS) is 15.2. The molecule has 204 valence electrons. The maximum atomic E-state index is 13.2. The molecule has 0 N–H and O–H groups in total. The van der Waals surface area contributed by atoms with Gasteiger partial charge in [0.2, 0.25) is 0 Å². The molecule has 1 aliphatic rings. The van der Waals surface area contributed by atoms with E-state index in [4.69, 9.17) is 4.74 Å².